The molecular formula is C22H15ClFN5O. The largest absolute Gasteiger partial charge is 0.506 e. The van der Waals surface area contributed by atoms with Gasteiger partial charge in [0.1, 0.15) is 23.7 Å². The van der Waals surface area contributed by atoms with Crippen molar-refractivity contribution in [2.75, 3.05) is 10.6 Å². The number of nitriles is 1. The van der Waals surface area contributed by atoms with Gasteiger partial charge >= 0.3 is 0 Å². The molecule has 0 fully saturated rings. The van der Waals surface area contributed by atoms with Crippen molar-refractivity contribution in [2.24, 2.45) is 0 Å². The Hall–Kier alpha value is -3.89. The van der Waals surface area contributed by atoms with Crippen LogP contribution in [0.15, 0.2) is 60.9 Å². The first-order chi connectivity index (χ1) is 14.5. The highest BCUT2D eigenvalue weighted by atomic mass is 35.5. The highest BCUT2D eigenvalue weighted by Crippen LogP contribution is 2.33. The Morgan fingerprint density at radius 1 is 1.10 bits per heavy atom. The van der Waals surface area contributed by atoms with Crippen molar-refractivity contribution < 1.29 is 9.50 Å². The van der Waals surface area contributed by atoms with Crippen LogP contribution in [0.3, 0.4) is 0 Å². The fourth-order valence-corrected chi connectivity index (χ4v) is 3.17. The number of aromatic hydroxyl groups is 1. The third-order valence-corrected chi connectivity index (χ3v) is 4.76. The number of hydrogen-bond acceptors (Lipinski definition) is 6. The van der Waals surface area contributed by atoms with Crippen LogP contribution in [0.5, 0.6) is 5.75 Å². The van der Waals surface area contributed by atoms with Crippen LogP contribution in [0, 0.1) is 17.1 Å². The molecule has 0 amide bonds. The lowest BCUT2D eigenvalue weighted by atomic mass is 10.1. The molecular weight excluding hydrogens is 405 g/mol. The number of phenols is 1. The van der Waals surface area contributed by atoms with E-state index in [0.717, 1.165) is 5.56 Å². The number of aromatic nitrogens is 2. The maximum absolute atomic E-state index is 13.4. The Morgan fingerprint density at radius 3 is 2.77 bits per heavy atom. The molecule has 0 radical (unpaired) electrons. The van der Waals surface area contributed by atoms with E-state index in [1.54, 1.807) is 30.3 Å². The third-order valence-electron chi connectivity index (χ3n) is 4.47. The molecule has 0 atom stereocenters. The molecule has 148 valence electrons. The van der Waals surface area contributed by atoms with Gasteiger partial charge in [-0.2, -0.15) is 5.26 Å². The normalized spacial score (nSPS) is 10.6. The Balaban J connectivity index is 1.64. The molecule has 0 spiro atoms. The van der Waals surface area contributed by atoms with Gasteiger partial charge in [0.05, 0.1) is 27.9 Å². The average Bonchev–Trinajstić information content (AvgIpc) is 2.75. The summed E-state index contributed by atoms with van der Waals surface area (Å²) in [5.74, 6) is 0.0113. The molecule has 4 rings (SSSR count). The molecule has 0 saturated carbocycles. The lowest BCUT2D eigenvalue weighted by Gasteiger charge is -2.13. The minimum absolute atomic E-state index is 0.00189. The van der Waals surface area contributed by atoms with Crippen molar-refractivity contribution in [2.45, 2.75) is 6.54 Å². The van der Waals surface area contributed by atoms with Crippen LogP contribution in [-0.4, -0.2) is 15.1 Å². The van der Waals surface area contributed by atoms with Gasteiger partial charge in [-0.15, -0.1) is 0 Å². The van der Waals surface area contributed by atoms with Crippen LogP contribution < -0.4 is 10.6 Å². The number of nitrogens with zero attached hydrogens (tertiary/aromatic N) is 3. The maximum atomic E-state index is 13.4. The summed E-state index contributed by atoms with van der Waals surface area (Å²) < 4.78 is 13.4. The van der Waals surface area contributed by atoms with Crippen molar-refractivity contribution in [3.63, 3.8) is 0 Å². The standard InChI is InChI=1S/C22H15ClFN5O/c23-17-7-15(4-5-18(17)24)29-22-16-8-20(21(30)9-19(16)27-12-28-22)26-11-14-3-1-2-13(6-14)10-25/h1-9,12,26,30H,11H2,(H,27,28,29). The van der Waals surface area contributed by atoms with Gasteiger partial charge in [0, 0.05) is 23.7 Å². The van der Waals surface area contributed by atoms with Gasteiger partial charge < -0.3 is 15.7 Å². The maximum Gasteiger partial charge on any atom is 0.141 e. The quantitative estimate of drug-likeness (QED) is 0.377. The van der Waals surface area contributed by atoms with Crippen LogP contribution in [0.4, 0.5) is 21.6 Å². The van der Waals surface area contributed by atoms with E-state index in [0.29, 0.717) is 40.2 Å². The molecule has 3 N–H and O–H groups in total. The first-order valence-corrected chi connectivity index (χ1v) is 9.34. The van der Waals surface area contributed by atoms with Gasteiger partial charge in [-0.05, 0) is 42.0 Å². The van der Waals surface area contributed by atoms with Crippen LogP contribution >= 0.6 is 11.6 Å². The van der Waals surface area contributed by atoms with E-state index in [1.165, 1.54) is 24.5 Å². The van der Waals surface area contributed by atoms with E-state index in [9.17, 15) is 9.50 Å². The number of rotatable bonds is 5. The van der Waals surface area contributed by atoms with Crippen molar-refractivity contribution in [3.8, 4) is 11.8 Å². The first kappa shape index (κ1) is 19.4. The molecule has 1 aromatic heterocycles. The van der Waals surface area contributed by atoms with Crippen molar-refractivity contribution in [1.29, 1.82) is 5.26 Å². The van der Waals surface area contributed by atoms with E-state index >= 15 is 0 Å². The molecule has 4 aromatic rings. The molecule has 6 nitrogen and oxygen atoms in total. The lowest BCUT2D eigenvalue weighted by molar-refractivity contribution is 0.478. The van der Waals surface area contributed by atoms with Gasteiger partial charge in [0.25, 0.3) is 0 Å². The zero-order valence-electron chi connectivity index (χ0n) is 15.5. The van der Waals surface area contributed by atoms with Gasteiger partial charge in [0.15, 0.2) is 0 Å². The predicted octanol–water partition coefficient (Wildman–Crippen LogP) is 5.36. The zero-order valence-corrected chi connectivity index (χ0v) is 16.3. The highest BCUT2D eigenvalue weighted by Gasteiger charge is 2.11. The molecule has 0 aliphatic rings. The molecule has 8 heteroatoms. The average molecular weight is 420 g/mol. The monoisotopic (exact) mass is 419 g/mol. The van der Waals surface area contributed by atoms with Crippen molar-refractivity contribution in [1.82, 2.24) is 9.97 Å². The highest BCUT2D eigenvalue weighted by molar-refractivity contribution is 6.31. The van der Waals surface area contributed by atoms with E-state index in [4.69, 9.17) is 16.9 Å². The van der Waals surface area contributed by atoms with E-state index in [1.807, 2.05) is 6.07 Å². The molecule has 0 unspecified atom stereocenters. The molecule has 30 heavy (non-hydrogen) atoms. The molecule has 1 heterocycles. The topological polar surface area (TPSA) is 93.9 Å². The van der Waals surface area contributed by atoms with Gasteiger partial charge in [-0.25, -0.2) is 14.4 Å². The summed E-state index contributed by atoms with van der Waals surface area (Å²) in [7, 11) is 0. The second-order valence-corrected chi connectivity index (χ2v) is 6.94. The Labute approximate surface area is 176 Å². The van der Waals surface area contributed by atoms with Crippen LogP contribution in [-0.2, 0) is 6.54 Å². The fraction of sp³-hybridized carbons (Fsp3) is 0.0455. The number of anilines is 3. The van der Waals surface area contributed by atoms with Gasteiger partial charge in [-0.1, -0.05) is 23.7 Å². The summed E-state index contributed by atoms with van der Waals surface area (Å²) in [6.45, 7) is 0.415. The van der Waals surface area contributed by atoms with E-state index in [-0.39, 0.29) is 10.8 Å². The Morgan fingerprint density at radius 2 is 1.97 bits per heavy atom. The number of halogens is 2. The van der Waals surface area contributed by atoms with Crippen molar-refractivity contribution in [3.05, 3.63) is 82.9 Å². The molecule has 0 aliphatic carbocycles. The minimum atomic E-state index is -0.508. The number of phenolic OH excluding ortho intramolecular Hbond substituents is 1. The molecule has 0 aliphatic heterocycles. The SMILES string of the molecule is N#Cc1cccc(CNc2cc3c(Nc4ccc(F)c(Cl)c4)ncnc3cc2O)c1. The number of benzene rings is 3. The summed E-state index contributed by atoms with van der Waals surface area (Å²) in [6.07, 6.45) is 1.37. The van der Waals surface area contributed by atoms with Crippen LogP contribution in [0.1, 0.15) is 11.1 Å². The van der Waals surface area contributed by atoms with E-state index < -0.39 is 5.82 Å². The molecule has 0 bridgehead atoms. The second kappa shape index (κ2) is 8.23. The Kier molecular flexibility index (Phi) is 5.33. The fourth-order valence-electron chi connectivity index (χ4n) is 2.99. The van der Waals surface area contributed by atoms with E-state index in [2.05, 4.69) is 26.7 Å². The Bertz CT molecular complexity index is 1290. The summed E-state index contributed by atoms with van der Waals surface area (Å²) in [5.41, 5.74) is 3.06. The molecule has 0 saturated heterocycles. The first-order valence-electron chi connectivity index (χ1n) is 8.96. The number of hydrogen-bond donors (Lipinski definition) is 3. The van der Waals surface area contributed by atoms with Crippen molar-refractivity contribution >= 4 is 39.7 Å². The number of fused-ring (bicyclic) bond motifs is 1. The predicted molar refractivity (Wildman–Crippen MR) is 114 cm³/mol. The summed E-state index contributed by atoms with van der Waals surface area (Å²) >= 11 is 5.85. The smallest absolute Gasteiger partial charge is 0.141 e. The second-order valence-electron chi connectivity index (χ2n) is 6.53. The lowest BCUT2D eigenvalue weighted by Crippen LogP contribution is -2.01. The summed E-state index contributed by atoms with van der Waals surface area (Å²) in [4.78, 5) is 8.46. The number of nitrogens with one attached hydrogen (secondary N) is 2. The van der Waals surface area contributed by atoms with Gasteiger partial charge in [0.2, 0.25) is 0 Å². The molecule has 3 aromatic carbocycles. The minimum Gasteiger partial charge on any atom is -0.506 e. The summed E-state index contributed by atoms with van der Waals surface area (Å²) in [5, 5.41) is 26.3. The van der Waals surface area contributed by atoms with Gasteiger partial charge in [-0.3, -0.25) is 0 Å². The third kappa shape index (κ3) is 4.09. The van der Waals surface area contributed by atoms with Crippen LogP contribution in [0.25, 0.3) is 10.9 Å². The summed E-state index contributed by atoms with van der Waals surface area (Å²) in [6, 6.07) is 16.9. The zero-order chi connectivity index (χ0) is 21.1. The van der Waals surface area contributed by atoms with Crippen LogP contribution in [0.2, 0.25) is 5.02 Å².